The van der Waals surface area contributed by atoms with Crippen molar-refractivity contribution < 1.29 is 15.0 Å². The zero-order chi connectivity index (χ0) is 8.85. The molecule has 3 N–H and O–H groups in total. The Kier molecular flexibility index (Phi) is 4.81. The summed E-state index contributed by atoms with van der Waals surface area (Å²) in [6.45, 7) is 3.20. The lowest BCUT2D eigenvalue weighted by Gasteiger charge is -2.16. The van der Waals surface area contributed by atoms with E-state index in [1.54, 1.807) is 6.92 Å². The molecule has 0 radical (unpaired) electrons. The van der Waals surface area contributed by atoms with E-state index in [1.807, 2.05) is 0 Å². The van der Waals surface area contributed by atoms with Crippen molar-refractivity contribution in [2.45, 2.75) is 20.0 Å². The lowest BCUT2D eigenvalue weighted by molar-refractivity contribution is -0.119. The van der Waals surface area contributed by atoms with Gasteiger partial charge in [0.25, 0.3) is 0 Å². The molecule has 66 valence electrons. The second-order valence-electron chi connectivity index (χ2n) is 2.62. The topological polar surface area (TPSA) is 69.6 Å². The van der Waals surface area contributed by atoms with Gasteiger partial charge in [-0.1, -0.05) is 0 Å². The molecule has 0 unspecified atom stereocenters. The van der Waals surface area contributed by atoms with Crippen molar-refractivity contribution in [3.05, 3.63) is 0 Å². The van der Waals surface area contributed by atoms with Gasteiger partial charge in [-0.3, -0.25) is 4.79 Å². The van der Waals surface area contributed by atoms with E-state index in [1.165, 1.54) is 6.92 Å². The lowest BCUT2D eigenvalue weighted by Crippen LogP contribution is -2.34. The SMILES string of the molecule is CC(=O)NC[C@H](CO)[C@@H](C)O. The highest BCUT2D eigenvalue weighted by atomic mass is 16.3. The first kappa shape index (κ1) is 10.4. The molecule has 0 aromatic heterocycles. The van der Waals surface area contributed by atoms with Crippen LogP contribution < -0.4 is 5.32 Å². The number of hydrogen-bond donors (Lipinski definition) is 3. The maximum atomic E-state index is 10.4. The molecule has 0 bridgehead atoms. The summed E-state index contributed by atoms with van der Waals surface area (Å²) in [5.41, 5.74) is 0. The van der Waals surface area contributed by atoms with Crippen LogP contribution >= 0.6 is 0 Å². The van der Waals surface area contributed by atoms with E-state index in [2.05, 4.69) is 5.32 Å². The Labute approximate surface area is 66.2 Å². The summed E-state index contributed by atoms with van der Waals surface area (Å²) < 4.78 is 0. The Bertz CT molecular complexity index is 125. The number of rotatable bonds is 4. The van der Waals surface area contributed by atoms with Crippen LogP contribution in [0.2, 0.25) is 0 Å². The van der Waals surface area contributed by atoms with Gasteiger partial charge in [0.2, 0.25) is 5.91 Å². The van der Waals surface area contributed by atoms with Gasteiger partial charge >= 0.3 is 0 Å². The molecule has 0 aliphatic rings. The number of carbonyl (C=O) groups is 1. The van der Waals surface area contributed by atoms with Gasteiger partial charge in [0.05, 0.1) is 12.7 Å². The first-order valence-corrected chi connectivity index (χ1v) is 3.61. The monoisotopic (exact) mass is 161 g/mol. The largest absolute Gasteiger partial charge is 0.396 e. The second-order valence-corrected chi connectivity index (χ2v) is 2.62. The van der Waals surface area contributed by atoms with Crippen LogP contribution in [0.25, 0.3) is 0 Å². The first-order chi connectivity index (χ1) is 5.07. The summed E-state index contributed by atoms with van der Waals surface area (Å²) in [7, 11) is 0. The number of aliphatic hydroxyl groups excluding tert-OH is 2. The molecular weight excluding hydrogens is 146 g/mol. The Morgan fingerprint density at radius 1 is 1.64 bits per heavy atom. The van der Waals surface area contributed by atoms with Crippen molar-refractivity contribution >= 4 is 5.91 Å². The number of aliphatic hydroxyl groups is 2. The van der Waals surface area contributed by atoms with Crippen LogP contribution in [0.1, 0.15) is 13.8 Å². The van der Waals surface area contributed by atoms with Gasteiger partial charge in [0.15, 0.2) is 0 Å². The third-order valence-electron chi connectivity index (χ3n) is 1.53. The minimum absolute atomic E-state index is 0.113. The molecule has 2 atom stereocenters. The van der Waals surface area contributed by atoms with Gasteiger partial charge in [-0.25, -0.2) is 0 Å². The van der Waals surface area contributed by atoms with Crippen molar-refractivity contribution in [1.29, 1.82) is 0 Å². The lowest BCUT2D eigenvalue weighted by atomic mass is 10.1. The van der Waals surface area contributed by atoms with Gasteiger partial charge in [-0.05, 0) is 6.92 Å². The van der Waals surface area contributed by atoms with Gasteiger partial charge in [-0.2, -0.15) is 0 Å². The molecule has 0 aliphatic carbocycles. The number of carbonyl (C=O) groups excluding carboxylic acids is 1. The van der Waals surface area contributed by atoms with Crippen LogP contribution in [0.15, 0.2) is 0 Å². The third-order valence-corrected chi connectivity index (χ3v) is 1.53. The van der Waals surface area contributed by atoms with E-state index in [4.69, 9.17) is 10.2 Å². The minimum atomic E-state index is -0.591. The van der Waals surface area contributed by atoms with Crippen molar-refractivity contribution in [3.63, 3.8) is 0 Å². The van der Waals surface area contributed by atoms with Crippen LogP contribution in [-0.2, 0) is 4.79 Å². The molecular formula is C7H15NO3. The standard InChI is InChI=1S/C7H15NO3/c1-5(10)7(4-9)3-8-6(2)11/h5,7,9-10H,3-4H2,1-2H3,(H,8,11)/t5-,7-/m1/s1. The molecule has 4 heteroatoms. The molecule has 11 heavy (non-hydrogen) atoms. The summed E-state index contributed by atoms with van der Waals surface area (Å²) in [6, 6.07) is 0. The molecule has 0 saturated heterocycles. The minimum Gasteiger partial charge on any atom is -0.396 e. The Balaban J connectivity index is 3.61. The maximum absolute atomic E-state index is 10.4. The van der Waals surface area contributed by atoms with E-state index in [9.17, 15) is 4.79 Å². The van der Waals surface area contributed by atoms with Crippen molar-refractivity contribution in [2.24, 2.45) is 5.92 Å². The van der Waals surface area contributed by atoms with E-state index in [0.29, 0.717) is 6.54 Å². The van der Waals surface area contributed by atoms with Crippen LogP contribution in [0, 0.1) is 5.92 Å². The van der Waals surface area contributed by atoms with E-state index >= 15 is 0 Å². The first-order valence-electron chi connectivity index (χ1n) is 3.61. The summed E-state index contributed by atoms with van der Waals surface area (Å²) in [4.78, 5) is 10.4. The third kappa shape index (κ3) is 4.75. The van der Waals surface area contributed by atoms with Gasteiger partial charge < -0.3 is 15.5 Å². The van der Waals surface area contributed by atoms with Gasteiger partial charge in [-0.15, -0.1) is 0 Å². The number of amides is 1. The molecule has 0 heterocycles. The molecule has 0 rings (SSSR count). The Morgan fingerprint density at radius 3 is 2.45 bits per heavy atom. The molecule has 0 spiro atoms. The summed E-state index contributed by atoms with van der Waals surface area (Å²) in [5, 5.41) is 20.2. The average molecular weight is 161 g/mol. The van der Waals surface area contributed by atoms with Crippen molar-refractivity contribution in [2.75, 3.05) is 13.2 Å². The Hall–Kier alpha value is -0.610. The maximum Gasteiger partial charge on any atom is 0.216 e. The predicted molar refractivity (Wildman–Crippen MR) is 40.9 cm³/mol. The zero-order valence-electron chi connectivity index (χ0n) is 6.87. The highest BCUT2D eigenvalue weighted by Crippen LogP contribution is 1.99. The smallest absolute Gasteiger partial charge is 0.216 e. The Morgan fingerprint density at radius 2 is 2.18 bits per heavy atom. The summed E-state index contributed by atoms with van der Waals surface area (Å²) >= 11 is 0. The van der Waals surface area contributed by atoms with Crippen LogP contribution in [0.5, 0.6) is 0 Å². The van der Waals surface area contributed by atoms with Crippen LogP contribution in [-0.4, -0.2) is 35.4 Å². The van der Waals surface area contributed by atoms with Crippen LogP contribution in [0.3, 0.4) is 0 Å². The molecule has 0 saturated carbocycles. The van der Waals surface area contributed by atoms with Gasteiger partial charge in [0.1, 0.15) is 0 Å². The van der Waals surface area contributed by atoms with E-state index in [0.717, 1.165) is 0 Å². The highest BCUT2D eigenvalue weighted by molar-refractivity contribution is 5.72. The summed E-state index contributed by atoms with van der Waals surface area (Å²) in [6.07, 6.45) is -0.591. The number of nitrogens with one attached hydrogen (secondary N) is 1. The fourth-order valence-electron chi connectivity index (χ4n) is 0.662. The zero-order valence-corrected chi connectivity index (χ0v) is 6.87. The van der Waals surface area contributed by atoms with Gasteiger partial charge in [0, 0.05) is 19.4 Å². The summed E-state index contributed by atoms with van der Waals surface area (Å²) in [5.74, 6) is -0.414. The number of hydrogen-bond acceptors (Lipinski definition) is 3. The van der Waals surface area contributed by atoms with E-state index in [-0.39, 0.29) is 18.4 Å². The molecule has 0 aromatic rings. The molecule has 0 aliphatic heterocycles. The fraction of sp³-hybridized carbons (Fsp3) is 0.857. The van der Waals surface area contributed by atoms with Crippen molar-refractivity contribution in [3.8, 4) is 0 Å². The molecule has 1 amide bonds. The fourth-order valence-corrected chi connectivity index (χ4v) is 0.662. The quantitative estimate of drug-likeness (QED) is 0.501. The molecule has 4 nitrogen and oxygen atoms in total. The van der Waals surface area contributed by atoms with Crippen molar-refractivity contribution in [1.82, 2.24) is 5.32 Å². The van der Waals surface area contributed by atoms with E-state index < -0.39 is 6.10 Å². The predicted octanol–water partition coefficient (Wildman–Crippen LogP) is -0.888. The van der Waals surface area contributed by atoms with Crippen LogP contribution in [0.4, 0.5) is 0 Å². The molecule has 0 aromatic carbocycles. The second kappa shape index (κ2) is 5.09. The highest BCUT2D eigenvalue weighted by Gasteiger charge is 2.13. The molecule has 0 fully saturated rings. The average Bonchev–Trinajstić information content (AvgIpc) is 1.87. The normalized spacial score (nSPS) is 15.6.